The maximum Gasteiger partial charge on any atom is 0.262 e. The van der Waals surface area contributed by atoms with Gasteiger partial charge in [0, 0.05) is 12.1 Å². The number of carbonyl (C=O) groups is 1. The highest BCUT2D eigenvalue weighted by molar-refractivity contribution is 5.95. The molecule has 0 spiro atoms. The molecule has 3 rings (SSSR count). The van der Waals surface area contributed by atoms with Crippen molar-refractivity contribution in [1.29, 1.82) is 0 Å². The highest BCUT2D eigenvalue weighted by Crippen LogP contribution is 2.31. The third-order valence-corrected chi connectivity index (χ3v) is 4.21. The van der Waals surface area contributed by atoms with Crippen LogP contribution in [0.25, 0.3) is 0 Å². The number of anilines is 1. The van der Waals surface area contributed by atoms with Crippen LogP contribution >= 0.6 is 0 Å². The summed E-state index contributed by atoms with van der Waals surface area (Å²) in [7, 11) is 0. The maximum atomic E-state index is 11.3. The van der Waals surface area contributed by atoms with Gasteiger partial charge >= 0.3 is 0 Å². The lowest BCUT2D eigenvalue weighted by Gasteiger charge is -2.28. The molecule has 0 atom stereocenters. The van der Waals surface area contributed by atoms with Crippen molar-refractivity contribution in [2.24, 2.45) is 0 Å². The van der Waals surface area contributed by atoms with Gasteiger partial charge in [-0.2, -0.15) is 0 Å². The van der Waals surface area contributed by atoms with E-state index >= 15 is 0 Å². The average molecular weight is 276 g/mol. The number of rotatable bonds is 4. The van der Waals surface area contributed by atoms with E-state index in [4.69, 9.17) is 4.74 Å². The maximum absolute atomic E-state index is 11.3. The van der Waals surface area contributed by atoms with E-state index in [0.717, 1.165) is 24.1 Å². The number of aliphatic hydroxyl groups is 1. The van der Waals surface area contributed by atoms with Crippen molar-refractivity contribution in [1.82, 2.24) is 5.32 Å². The van der Waals surface area contributed by atoms with Gasteiger partial charge in [0.15, 0.2) is 6.61 Å². The van der Waals surface area contributed by atoms with Gasteiger partial charge in [-0.1, -0.05) is 18.9 Å². The zero-order valence-electron chi connectivity index (χ0n) is 11.4. The summed E-state index contributed by atoms with van der Waals surface area (Å²) in [6, 6.07) is 5.80. The number of nitrogens with one attached hydrogen (secondary N) is 2. The van der Waals surface area contributed by atoms with E-state index < -0.39 is 0 Å². The van der Waals surface area contributed by atoms with E-state index in [-0.39, 0.29) is 24.7 Å². The molecule has 20 heavy (non-hydrogen) atoms. The standard InChI is InChI=1S/C15H20N2O3/c18-10-15(5-1-2-6-15)16-8-11-3-4-13-12(7-11)17-14(19)9-20-13/h3-4,7,16,18H,1-2,5-6,8-10H2,(H,17,19). The predicted octanol–water partition coefficient (Wildman–Crippen LogP) is 1.41. The summed E-state index contributed by atoms with van der Waals surface area (Å²) in [5, 5.41) is 15.9. The fourth-order valence-electron chi connectivity index (χ4n) is 2.97. The first-order chi connectivity index (χ1) is 9.71. The minimum Gasteiger partial charge on any atom is -0.482 e. The summed E-state index contributed by atoms with van der Waals surface area (Å²) < 4.78 is 5.34. The van der Waals surface area contributed by atoms with Gasteiger partial charge in [-0.15, -0.1) is 0 Å². The zero-order valence-corrected chi connectivity index (χ0v) is 11.4. The third-order valence-electron chi connectivity index (χ3n) is 4.21. The molecule has 0 aromatic heterocycles. The third kappa shape index (κ3) is 2.64. The van der Waals surface area contributed by atoms with Crippen LogP contribution in [0.4, 0.5) is 5.69 Å². The van der Waals surface area contributed by atoms with Gasteiger partial charge < -0.3 is 20.5 Å². The van der Waals surface area contributed by atoms with Gasteiger partial charge in [-0.25, -0.2) is 0 Å². The van der Waals surface area contributed by atoms with Gasteiger partial charge in [0.05, 0.1) is 12.3 Å². The van der Waals surface area contributed by atoms with E-state index in [2.05, 4.69) is 10.6 Å². The lowest BCUT2D eigenvalue weighted by Crippen LogP contribution is -2.45. The molecule has 1 heterocycles. The summed E-state index contributed by atoms with van der Waals surface area (Å²) in [5.41, 5.74) is 1.68. The van der Waals surface area contributed by atoms with Crippen molar-refractivity contribution < 1.29 is 14.6 Å². The zero-order chi connectivity index (χ0) is 14.0. The Kier molecular flexibility index (Phi) is 3.63. The van der Waals surface area contributed by atoms with Crippen LogP contribution in [0, 0.1) is 0 Å². The molecule has 1 fully saturated rings. The molecule has 0 unspecified atom stereocenters. The number of aliphatic hydroxyl groups excluding tert-OH is 1. The smallest absolute Gasteiger partial charge is 0.262 e. The quantitative estimate of drug-likeness (QED) is 0.777. The topological polar surface area (TPSA) is 70.6 Å². The normalized spacial score (nSPS) is 20.1. The van der Waals surface area contributed by atoms with Crippen molar-refractivity contribution in [3.05, 3.63) is 23.8 Å². The van der Waals surface area contributed by atoms with Crippen LogP contribution in [0.3, 0.4) is 0 Å². The summed E-state index contributed by atoms with van der Waals surface area (Å²) in [5.74, 6) is 0.594. The molecule has 0 bridgehead atoms. The Balaban J connectivity index is 1.69. The van der Waals surface area contributed by atoms with E-state index in [1.807, 2.05) is 18.2 Å². The first kappa shape index (κ1) is 13.4. The second-order valence-corrected chi connectivity index (χ2v) is 5.67. The Morgan fingerprint density at radius 3 is 2.90 bits per heavy atom. The molecule has 1 aliphatic heterocycles. The van der Waals surface area contributed by atoms with Crippen molar-refractivity contribution in [3.63, 3.8) is 0 Å². The van der Waals surface area contributed by atoms with Crippen molar-refractivity contribution in [3.8, 4) is 5.75 Å². The molecule has 0 radical (unpaired) electrons. The van der Waals surface area contributed by atoms with Crippen LogP contribution in [0.1, 0.15) is 31.2 Å². The highest BCUT2D eigenvalue weighted by Gasteiger charge is 2.32. The molecule has 1 aliphatic carbocycles. The molecule has 1 amide bonds. The number of fused-ring (bicyclic) bond motifs is 1. The van der Waals surface area contributed by atoms with Crippen LogP contribution in [-0.2, 0) is 11.3 Å². The summed E-state index contributed by atoms with van der Waals surface area (Å²) >= 11 is 0. The van der Waals surface area contributed by atoms with E-state index in [1.165, 1.54) is 12.8 Å². The minimum absolute atomic E-state index is 0.0816. The largest absolute Gasteiger partial charge is 0.482 e. The van der Waals surface area contributed by atoms with Gasteiger partial charge in [0.25, 0.3) is 5.91 Å². The van der Waals surface area contributed by atoms with Crippen LogP contribution in [0.5, 0.6) is 5.75 Å². The number of amides is 1. The summed E-state index contributed by atoms with van der Waals surface area (Å²) in [6.07, 6.45) is 4.38. The Bertz CT molecular complexity index is 510. The van der Waals surface area contributed by atoms with Crippen LogP contribution < -0.4 is 15.4 Å². The average Bonchev–Trinajstić information content (AvgIpc) is 2.94. The van der Waals surface area contributed by atoms with E-state index in [0.29, 0.717) is 12.3 Å². The van der Waals surface area contributed by atoms with Crippen molar-refractivity contribution >= 4 is 11.6 Å². The summed E-state index contributed by atoms with van der Waals surface area (Å²) in [4.78, 5) is 11.3. The molecular weight excluding hydrogens is 256 g/mol. The predicted molar refractivity (Wildman–Crippen MR) is 75.7 cm³/mol. The van der Waals surface area contributed by atoms with Crippen molar-refractivity contribution in [2.75, 3.05) is 18.5 Å². The van der Waals surface area contributed by atoms with Gasteiger partial charge in [-0.05, 0) is 30.5 Å². The fraction of sp³-hybridized carbons (Fsp3) is 0.533. The lowest BCUT2D eigenvalue weighted by molar-refractivity contribution is -0.118. The van der Waals surface area contributed by atoms with Gasteiger partial charge in [0.2, 0.25) is 0 Å². The van der Waals surface area contributed by atoms with Gasteiger partial charge in [-0.3, -0.25) is 4.79 Å². The SMILES string of the molecule is O=C1COc2ccc(CNC3(CO)CCCC3)cc2N1. The van der Waals surface area contributed by atoms with Crippen LogP contribution in [-0.4, -0.2) is 29.8 Å². The van der Waals surface area contributed by atoms with Crippen LogP contribution in [0.15, 0.2) is 18.2 Å². The van der Waals surface area contributed by atoms with Crippen LogP contribution in [0.2, 0.25) is 0 Å². The second kappa shape index (κ2) is 5.42. The fourth-order valence-corrected chi connectivity index (χ4v) is 2.97. The highest BCUT2D eigenvalue weighted by atomic mass is 16.5. The molecule has 5 heteroatoms. The Hall–Kier alpha value is -1.59. The van der Waals surface area contributed by atoms with Gasteiger partial charge in [0.1, 0.15) is 5.75 Å². The molecule has 2 aliphatic rings. The molecule has 3 N–H and O–H groups in total. The number of benzene rings is 1. The molecule has 5 nitrogen and oxygen atoms in total. The molecular formula is C15H20N2O3. The first-order valence-corrected chi connectivity index (χ1v) is 7.12. The molecule has 1 aromatic rings. The number of hydrogen-bond acceptors (Lipinski definition) is 4. The Morgan fingerprint density at radius 2 is 2.15 bits per heavy atom. The Labute approximate surface area is 118 Å². The molecule has 1 aromatic carbocycles. The first-order valence-electron chi connectivity index (χ1n) is 7.12. The molecule has 0 saturated heterocycles. The second-order valence-electron chi connectivity index (χ2n) is 5.67. The van der Waals surface area contributed by atoms with Crippen molar-refractivity contribution in [2.45, 2.75) is 37.8 Å². The number of hydrogen-bond donors (Lipinski definition) is 3. The monoisotopic (exact) mass is 276 g/mol. The lowest BCUT2D eigenvalue weighted by atomic mass is 9.98. The van der Waals surface area contributed by atoms with E-state index in [9.17, 15) is 9.90 Å². The summed E-state index contributed by atoms with van der Waals surface area (Å²) in [6.45, 7) is 0.944. The van der Waals surface area contributed by atoms with E-state index in [1.54, 1.807) is 0 Å². The Morgan fingerprint density at radius 1 is 1.35 bits per heavy atom. The number of carbonyl (C=O) groups excluding carboxylic acids is 1. The molecule has 1 saturated carbocycles. The molecule has 108 valence electrons. The number of ether oxygens (including phenoxy) is 1. The minimum atomic E-state index is -0.129.